The van der Waals surface area contributed by atoms with Crippen molar-refractivity contribution in [3.63, 3.8) is 0 Å². The molecule has 1 aliphatic carbocycles. The number of carbonyl (C=O) groups is 1. The Morgan fingerprint density at radius 3 is 2.22 bits per heavy atom. The first kappa shape index (κ1) is 18.5. The molecule has 0 aliphatic heterocycles. The van der Waals surface area contributed by atoms with Crippen molar-refractivity contribution < 1.29 is 13.2 Å². The minimum atomic E-state index is -4.02. The smallest absolute Gasteiger partial charge is 0.282 e. The number of alkyl halides is 2. The van der Waals surface area contributed by atoms with Crippen molar-refractivity contribution in [2.75, 3.05) is 0 Å². The van der Waals surface area contributed by atoms with Crippen molar-refractivity contribution in [2.24, 2.45) is 4.40 Å². The zero-order valence-electron chi connectivity index (χ0n) is 12.6. The molecule has 0 saturated heterocycles. The minimum absolute atomic E-state index is 0.00904. The van der Waals surface area contributed by atoms with Crippen molar-refractivity contribution in [1.82, 2.24) is 0 Å². The van der Waals surface area contributed by atoms with Crippen molar-refractivity contribution in [1.29, 1.82) is 0 Å². The van der Waals surface area contributed by atoms with Gasteiger partial charge in [-0.15, -0.1) is 23.2 Å². The molecule has 0 bridgehead atoms. The second kappa shape index (κ2) is 6.20. The van der Waals surface area contributed by atoms with Gasteiger partial charge in [-0.25, -0.2) is 0 Å². The number of halogens is 3. The fourth-order valence-corrected chi connectivity index (χ4v) is 4.06. The second-order valence-electron chi connectivity index (χ2n) is 5.47. The Bertz CT molecular complexity index is 824. The van der Waals surface area contributed by atoms with Gasteiger partial charge in [0.2, 0.25) is 0 Å². The lowest BCUT2D eigenvalue weighted by Gasteiger charge is -2.32. The molecule has 0 N–H and O–H groups in total. The van der Waals surface area contributed by atoms with Crippen LogP contribution >= 0.6 is 34.8 Å². The van der Waals surface area contributed by atoms with Gasteiger partial charge in [-0.2, -0.15) is 12.8 Å². The molecule has 2 rings (SSSR count). The van der Waals surface area contributed by atoms with Gasteiger partial charge in [0.05, 0.1) is 15.6 Å². The van der Waals surface area contributed by atoms with E-state index in [0.29, 0.717) is 0 Å². The molecule has 1 aromatic carbocycles. The topological polar surface area (TPSA) is 63.6 Å². The highest BCUT2D eigenvalue weighted by molar-refractivity contribution is 7.90. The van der Waals surface area contributed by atoms with E-state index in [1.807, 2.05) is 6.92 Å². The van der Waals surface area contributed by atoms with Gasteiger partial charge in [-0.1, -0.05) is 29.3 Å². The third-order valence-corrected chi connectivity index (χ3v) is 6.52. The fraction of sp³-hybridized carbons (Fsp3) is 0.333. The van der Waals surface area contributed by atoms with Crippen molar-refractivity contribution in [3.8, 4) is 0 Å². The molecular formula is C15H14Cl3NO3S. The highest BCUT2D eigenvalue weighted by atomic mass is 35.5. The van der Waals surface area contributed by atoms with Crippen molar-refractivity contribution in [2.45, 2.75) is 35.9 Å². The van der Waals surface area contributed by atoms with Crippen LogP contribution in [-0.2, 0) is 14.8 Å². The Labute approximate surface area is 150 Å². The van der Waals surface area contributed by atoms with Gasteiger partial charge in [0.1, 0.15) is 10.3 Å². The summed E-state index contributed by atoms with van der Waals surface area (Å²) in [5, 5.41) is -1.24. The van der Waals surface area contributed by atoms with Gasteiger partial charge in [-0.05, 0) is 32.9 Å². The summed E-state index contributed by atoms with van der Waals surface area (Å²) < 4.78 is 28.6. The lowest BCUT2D eigenvalue weighted by atomic mass is 9.87. The zero-order chi connectivity index (χ0) is 17.6. The van der Waals surface area contributed by atoms with Crippen LogP contribution in [0.1, 0.15) is 19.4 Å². The molecule has 1 aliphatic rings. The summed E-state index contributed by atoms with van der Waals surface area (Å²) in [5.41, 5.74) is 0.930. The van der Waals surface area contributed by atoms with Crippen LogP contribution in [0.2, 0.25) is 0 Å². The van der Waals surface area contributed by atoms with Crippen LogP contribution in [0.25, 0.3) is 0 Å². The number of hydrogen-bond donors (Lipinski definition) is 0. The molecule has 4 nitrogen and oxygen atoms in total. The molecule has 1 aromatic rings. The summed E-state index contributed by atoms with van der Waals surface area (Å²) in [6.45, 7) is 4.71. The van der Waals surface area contributed by atoms with Crippen LogP contribution in [0.5, 0.6) is 0 Å². The van der Waals surface area contributed by atoms with Gasteiger partial charge < -0.3 is 0 Å². The maximum absolute atomic E-state index is 12.4. The number of rotatable bonds is 2. The van der Waals surface area contributed by atoms with E-state index in [0.717, 1.165) is 5.56 Å². The SMILES string of the molecule is CC1=C(Cl)C(=NS(=O)(=O)c2ccc(C)cc2)[C@@H](Cl)[C@@](C)(Cl)C1=O. The van der Waals surface area contributed by atoms with Crippen LogP contribution in [0.15, 0.2) is 44.2 Å². The largest absolute Gasteiger partial charge is 0.292 e. The lowest BCUT2D eigenvalue weighted by Crippen LogP contribution is -2.48. The van der Waals surface area contributed by atoms with Gasteiger partial charge >= 0.3 is 0 Å². The lowest BCUT2D eigenvalue weighted by molar-refractivity contribution is -0.117. The van der Waals surface area contributed by atoms with E-state index in [1.165, 1.54) is 26.0 Å². The number of allylic oxidation sites excluding steroid dienone is 2. The summed E-state index contributed by atoms with van der Waals surface area (Å²) in [4.78, 5) is 10.6. The molecule has 0 radical (unpaired) electrons. The summed E-state index contributed by atoms with van der Waals surface area (Å²) in [6, 6.07) is 6.20. The van der Waals surface area contributed by atoms with Gasteiger partial charge in [0.25, 0.3) is 10.0 Å². The molecule has 124 valence electrons. The monoisotopic (exact) mass is 393 g/mol. The quantitative estimate of drug-likeness (QED) is 0.716. The summed E-state index contributed by atoms with van der Waals surface area (Å²) >= 11 is 18.4. The highest BCUT2D eigenvalue weighted by Gasteiger charge is 2.48. The molecule has 0 fully saturated rings. The standard InChI is InChI=1S/C15H14Cl3NO3S/c1-8-4-6-10(7-5-8)23(21,22)19-12-11(16)9(2)14(20)15(3,18)13(12)17/h4-7,13H,1-3H3/t13-,15-/m1/s1. The molecule has 2 atom stereocenters. The van der Waals surface area contributed by atoms with Gasteiger partial charge in [0, 0.05) is 5.57 Å². The van der Waals surface area contributed by atoms with Crippen molar-refractivity contribution >= 4 is 56.3 Å². The molecule has 0 unspecified atom stereocenters. The molecule has 0 amide bonds. The number of benzene rings is 1. The van der Waals surface area contributed by atoms with E-state index in [2.05, 4.69) is 4.40 Å². The summed E-state index contributed by atoms with van der Waals surface area (Å²) in [5.74, 6) is -0.448. The van der Waals surface area contributed by atoms with E-state index >= 15 is 0 Å². The Morgan fingerprint density at radius 2 is 1.70 bits per heavy atom. The number of Topliss-reactive ketones (excluding diaryl/α,β-unsaturated/α-hetero) is 1. The second-order valence-corrected chi connectivity index (χ2v) is 8.67. The van der Waals surface area contributed by atoms with Gasteiger partial charge in [0.15, 0.2) is 5.78 Å². The molecule has 8 heteroatoms. The first-order chi connectivity index (χ1) is 10.5. The Morgan fingerprint density at radius 1 is 1.17 bits per heavy atom. The van der Waals surface area contributed by atoms with E-state index < -0.39 is 26.1 Å². The number of sulfonamides is 1. The van der Waals surface area contributed by atoms with E-state index in [4.69, 9.17) is 34.8 Å². The Hall–Kier alpha value is -0.880. The third-order valence-electron chi connectivity index (χ3n) is 3.59. The average Bonchev–Trinajstić information content (AvgIpc) is 2.49. The van der Waals surface area contributed by atoms with Crippen LogP contribution in [0, 0.1) is 6.92 Å². The van der Waals surface area contributed by atoms with E-state index in [1.54, 1.807) is 12.1 Å². The number of ketones is 1. The predicted octanol–water partition coefficient (Wildman–Crippen LogP) is 3.83. The zero-order valence-corrected chi connectivity index (χ0v) is 15.7. The third kappa shape index (κ3) is 3.33. The molecule has 0 saturated carbocycles. The number of carbonyl (C=O) groups excluding carboxylic acids is 1. The van der Waals surface area contributed by atoms with E-state index in [9.17, 15) is 13.2 Å². The first-order valence-corrected chi connectivity index (χ1v) is 9.28. The maximum atomic E-state index is 12.4. The molecular weight excluding hydrogens is 381 g/mol. The van der Waals surface area contributed by atoms with Gasteiger partial charge in [-0.3, -0.25) is 4.79 Å². The van der Waals surface area contributed by atoms with Crippen LogP contribution < -0.4 is 0 Å². The Kier molecular flexibility index (Phi) is 4.98. The average molecular weight is 395 g/mol. The summed E-state index contributed by atoms with van der Waals surface area (Å²) in [7, 11) is -4.02. The fourth-order valence-electron chi connectivity index (χ4n) is 2.12. The summed E-state index contributed by atoms with van der Waals surface area (Å²) in [6.07, 6.45) is 0. The number of aryl methyl sites for hydroxylation is 1. The minimum Gasteiger partial charge on any atom is -0.292 e. The molecule has 0 heterocycles. The normalized spacial score (nSPS) is 27.7. The Balaban J connectivity index is 2.61. The van der Waals surface area contributed by atoms with E-state index in [-0.39, 0.29) is 21.2 Å². The van der Waals surface area contributed by atoms with Crippen LogP contribution in [-0.4, -0.2) is 30.2 Å². The first-order valence-electron chi connectivity index (χ1n) is 6.64. The molecule has 23 heavy (non-hydrogen) atoms. The molecule has 0 spiro atoms. The van der Waals surface area contributed by atoms with Crippen molar-refractivity contribution in [3.05, 3.63) is 40.4 Å². The maximum Gasteiger partial charge on any atom is 0.282 e. The molecule has 0 aromatic heterocycles. The number of hydrogen-bond acceptors (Lipinski definition) is 3. The van der Waals surface area contributed by atoms with Crippen LogP contribution in [0.4, 0.5) is 0 Å². The van der Waals surface area contributed by atoms with Crippen LogP contribution in [0.3, 0.4) is 0 Å². The number of nitrogens with zero attached hydrogens (tertiary/aromatic N) is 1. The predicted molar refractivity (Wildman–Crippen MR) is 93.3 cm³/mol. The highest BCUT2D eigenvalue weighted by Crippen LogP contribution is 2.38.